The zero-order chi connectivity index (χ0) is 74.2. The summed E-state index contributed by atoms with van der Waals surface area (Å²) >= 11 is 5.17. The van der Waals surface area contributed by atoms with Gasteiger partial charge in [0.15, 0.2) is 23.0 Å². The number of carbonyl (C=O) groups is 6. The van der Waals surface area contributed by atoms with E-state index >= 15 is 0 Å². The molecule has 101 heavy (non-hydrogen) atoms. The number of rotatable bonds is 13. The third kappa shape index (κ3) is 13.9. The number of esters is 5. The second kappa shape index (κ2) is 28.8. The van der Waals surface area contributed by atoms with Crippen molar-refractivity contribution in [2.24, 2.45) is 113 Å². The summed E-state index contributed by atoms with van der Waals surface area (Å²) in [7, 11) is 0. The molecule has 10 aliphatic rings. The summed E-state index contributed by atoms with van der Waals surface area (Å²) in [5.74, 6) is 3.85. The van der Waals surface area contributed by atoms with Crippen LogP contribution in [0.2, 0.25) is 0 Å². The van der Waals surface area contributed by atoms with E-state index in [1.807, 2.05) is 0 Å². The number of ether oxygens (including phenoxy) is 5. The van der Waals surface area contributed by atoms with Crippen LogP contribution in [0.1, 0.15) is 250 Å². The van der Waals surface area contributed by atoms with E-state index in [9.17, 15) is 44.1 Å². The van der Waals surface area contributed by atoms with Crippen LogP contribution in [0.3, 0.4) is 0 Å². The van der Waals surface area contributed by atoms with E-state index in [1.54, 1.807) is 30.3 Å². The van der Waals surface area contributed by atoms with Crippen LogP contribution < -0.4 is 18.9 Å². The molecule has 0 heterocycles. The molecule has 0 aromatic heterocycles. The van der Waals surface area contributed by atoms with Crippen molar-refractivity contribution in [2.75, 3.05) is 13.2 Å². The molecule has 0 radical (unpaired) electrons. The van der Waals surface area contributed by atoms with Gasteiger partial charge in [-0.25, -0.2) is 4.79 Å². The van der Waals surface area contributed by atoms with Gasteiger partial charge in [0.05, 0.1) is 18.8 Å². The fourth-order valence-electron chi connectivity index (χ4n) is 25.9. The van der Waals surface area contributed by atoms with Crippen LogP contribution in [0, 0.1) is 113 Å². The first-order valence-electron chi connectivity index (χ1n) is 38.2. The van der Waals surface area contributed by atoms with Crippen LogP contribution in [0.4, 0.5) is 0 Å². The molecule has 0 aliphatic heterocycles. The summed E-state index contributed by atoms with van der Waals surface area (Å²) in [4.78, 5) is 68.9. The summed E-state index contributed by atoms with van der Waals surface area (Å²) in [6.45, 7) is 44.3. The van der Waals surface area contributed by atoms with Gasteiger partial charge in [-0.15, -0.1) is 0 Å². The lowest BCUT2D eigenvalue weighted by molar-refractivity contribution is -0.249. The Morgan fingerprint density at radius 1 is 0.455 bits per heavy atom. The van der Waals surface area contributed by atoms with Crippen molar-refractivity contribution >= 4 is 58.8 Å². The lowest BCUT2D eigenvalue weighted by Crippen LogP contribution is -2.66. The van der Waals surface area contributed by atoms with Crippen LogP contribution >= 0.6 is 11.6 Å². The van der Waals surface area contributed by atoms with Gasteiger partial charge in [0.2, 0.25) is 5.24 Å². The van der Waals surface area contributed by atoms with Crippen molar-refractivity contribution < 1.29 is 67.8 Å². The lowest BCUT2D eigenvalue weighted by atomic mass is 9.32. The standard InChI is InChI=1S/C43H60O7.C30H50O2.C13H11ClO5/c1-26(2)30-16-21-43(25-48-37(47)15-11-29-10-13-32(49-27(3)44)33(24-29)50-28(4)45)23-22-41(8)31(38(30)43)12-14-35-40(7)19-18-36(46)39(5,6)34(40)17-20-42(35,41)9;1-19(2)20-10-15-30(18-31)17-16-28(6)21(25(20)30)8-9-23-27(5)13-12-24(32)26(3,4)22(27)11-14-29(23,28)7;1-8(15)18-11-5-3-10(4-6-13(14)17)7-12(11)19-9(2)16/h10-11,13,15,24,30-31,34-36,38,46H,1,12,14,16-23,25H2,2-9H3;20-25,31-32H,1,8-18H2,2-7H3;3-7H,1-2H3/b15-11+;;6-4+/t30-,31+,34-,35+,36-,38+,40-,41+,42+,43+;20-,21+,22-,23+,24-,25+,27-,28+,29+,30+;/m00./s1. The van der Waals surface area contributed by atoms with E-state index in [0.29, 0.717) is 87.9 Å². The summed E-state index contributed by atoms with van der Waals surface area (Å²) in [5, 5.41) is 32.0. The number of aliphatic hydroxyl groups is 3. The van der Waals surface area contributed by atoms with Crippen LogP contribution in [-0.2, 0) is 33.5 Å². The van der Waals surface area contributed by atoms with Gasteiger partial charge in [-0.2, -0.15) is 0 Å². The number of carbonyl (C=O) groups excluding carboxylic acids is 6. The second-order valence-electron chi connectivity index (χ2n) is 36.4. The minimum atomic E-state index is -0.627. The Bertz CT molecular complexity index is 3600. The van der Waals surface area contributed by atoms with Gasteiger partial charge in [0, 0.05) is 45.8 Å². The maximum absolute atomic E-state index is 13.3. The fourth-order valence-corrected chi connectivity index (χ4v) is 25.9. The molecular weight excluding hydrogens is 1290 g/mol. The molecule has 2 aromatic rings. The van der Waals surface area contributed by atoms with E-state index in [4.69, 9.17) is 35.3 Å². The normalized spacial score (nSPS) is 39.7. The molecule has 3 N–H and O–H groups in total. The molecule has 10 aliphatic carbocycles. The number of benzene rings is 2. The average Bonchev–Trinajstić information content (AvgIpc) is 1.60. The van der Waals surface area contributed by atoms with Gasteiger partial charge in [-0.3, -0.25) is 24.0 Å². The van der Waals surface area contributed by atoms with Crippen LogP contribution in [0.25, 0.3) is 12.2 Å². The number of fused-ring (bicyclic) bond motifs is 14. The second-order valence-corrected chi connectivity index (χ2v) is 36.7. The summed E-state index contributed by atoms with van der Waals surface area (Å²) in [5.41, 5.74) is 5.59. The third-order valence-electron chi connectivity index (χ3n) is 31.0. The fraction of sp³-hybridized carbons (Fsp3) is 0.698. The van der Waals surface area contributed by atoms with Gasteiger partial charge in [0.25, 0.3) is 0 Å². The van der Waals surface area contributed by atoms with Crippen LogP contribution in [0.15, 0.2) is 72.9 Å². The minimum absolute atomic E-state index is 0.0290. The largest absolute Gasteiger partial charge is 0.462 e. The van der Waals surface area contributed by atoms with E-state index in [-0.39, 0.29) is 73.1 Å². The van der Waals surface area contributed by atoms with Crippen LogP contribution in [-0.4, -0.2) is 75.8 Å². The topological polar surface area (TPSA) is 209 Å². The van der Waals surface area contributed by atoms with Crippen molar-refractivity contribution in [1.82, 2.24) is 0 Å². The molecule has 20 atom stereocenters. The van der Waals surface area contributed by atoms with Gasteiger partial charge < -0.3 is 39.0 Å². The van der Waals surface area contributed by atoms with Gasteiger partial charge >= 0.3 is 29.8 Å². The maximum Gasteiger partial charge on any atom is 0.330 e. The van der Waals surface area contributed by atoms with E-state index in [0.717, 1.165) is 62.9 Å². The quantitative estimate of drug-likeness (QED) is 0.0560. The smallest absolute Gasteiger partial charge is 0.330 e. The van der Waals surface area contributed by atoms with Gasteiger partial charge in [-0.05, 0) is 309 Å². The van der Waals surface area contributed by atoms with Crippen molar-refractivity contribution in [3.63, 3.8) is 0 Å². The predicted molar refractivity (Wildman–Crippen MR) is 395 cm³/mol. The molecule has 556 valence electrons. The molecule has 0 spiro atoms. The number of halogens is 1. The van der Waals surface area contributed by atoms with Crippen molar-refractivity contribution in [2.45, 2.75) is 251 Å². The summed E-state index contributed by atoms with van der Waals surface area (Å²) in [6.07, 6.45) is 28.9. The number of hydrogen-bond donors (Lipinski definition) is 3. The highest BCUT2D eigenvalue weighted by Crippen LogP contribution is 2.80. The zero-order valence-corrected chi connectivity index (χ0v) is 64.6. The lowest BCUT2D eigenvalue weighted by Gasteiger charge is -2.73. The average molecular weight is 1410 g/mol. The highest BCUT2D eigenvalue weighted by atomic mass is 35.5. The van der Waals surface area contributed by atoms with E-state index in [2.05, 4.69) is 96.2 Å². The molecule has 0 bridgehead atoms. The molecule has 10 saturated carbocycles. The summed E-state index contributed by atoms with van der Waals surface area (Å²) < 4.78 is 26.4. The molecule has 2 aromatic carbocycles. The zero-order valence-electron chi connectivity index (χ0n) is 63.9. The van der Waals surface area contributed by atoms with Crippen molar-refractivity contribution in [3.8, 4) is 23.0 Å². The molecule has 12 rings (SSSR count). The molecule has 15 heteroatoms. The first-order chi connectivity index (χ1) is 47.1. The van der Waals surface area contributed by atoms with Gasteiger partial charge in [0.1, 0.15) is 0 Å². The Morgan fingerprint density at radius 2 is 0.842 bits per heavy atom. The molecule has 14 nitrogen and oxygen atoms in total. The predicted octanol–water partition coefficient (Wildman–Crippen LogP) is 18.4. The maximum atomic E-state index is 13.3. The molecular formula is C86H121ClO14. The molecule has 0 unspecified atom stereocenters. The molecule has 0 amide bonds. The Labute approximate surface area is 608 Å². The Morgan fingerprint density at radius 3 is 1.24 bits per heavy atom. The highest BCUT2D eigenvalue weighted by molar-refractivity contribution is 6.66. The molecule has 10 fully saturated rings. The van der Waals surface area contributed by atoms with Crippen molar-refractivity contribution in [3.05, 3.63) is 84.0 Å². The Kier molecular flexibility index (Phi) is 22.3. The Balaban J connectivity index is 0.000000183. The summed E-state index contributed by atoms with van der Waals surface area (Å²) in [6, 6.07) is 9.30. The minimum Gasteiger partial charge on any atom is -0.462 e. The van der Waals surface area contributed by atoms with Gasteiger partial charge in [-0.1, -0.05) is 112 Å². The van der Waals surface area contributed by atoms with E-state index in [1.165, 1.54) is 147 Å². The number of allylic oxidation sites excluding steroid dienone is 3. The number of aliphatic hydroxyl groups excluding tert-OH is 3. The number of hydrogen-bond acceptors (Lipinski definition) is 14. The first-order valence-corrected chi connectivity index (χ1v) is 38.5. The monoisotopic (exact) mass is 1410 g/mol. The highest BCUT2D eigenvalue weighted by Gasteiger charge is 2.73. The van der Waals surface area contributed by atoms with E-state index < -0.39 is 35.1 Å². The Hall–Kier alpha value is -5.41. The van der Waals surface area contributed by atoms with Crippen LogP contribution in [0.5, 0.6) is 23.0 Å². The first kappa shape index (κ1) is 78.2. The SMILES string of the molecule is C=C(C)[C@@H]1CC[C@]2(CO)CC[C@]3(C)[C@H](CC[C@@H]4[C@@]5(C)CC[C@H](O)C(C)(C)[C@@H]5CC[C@]43C)[C@@H]12.C=C(C)[C@@H]1CC[C@]2(COC(=O)/C=C/c3ccc(OC(C)=O)c(OC(C)=O)c3)CC[C@]3(C)[C@H](CC[C@@H]4[C@@]5(C)CC[C@H](O)C(C)(C)[C@@H]5CC[C@]43C)[C@@H]12.CC(=O)Oc1ccc(/C=C/C(=O)Cl)cc1OC(C)=O. The molecule has 0 saturated heterocycles. The third-order valence-corrected chi connectivity index (χ3v) is 31.1. The van der Waals surface area contributed by atoms with Crippen molar-refractivity contribution in [1.29, 1.82) is 0 Å².